The van der Waals surface area contributed by atoms with Crippen molar-refractivity contribution < 1.29 is 38.1 Å². The quantitative estimate of drug-likeness (QED) is 0.297. The molecule has 2 unspecified atom stereocenters. The molecule has 0 aromatic heterocycles. The second kappa shape index (κ2) is 9.86. The topological polar surface area (TPSA) is 105 Å². The second-order valence-corrected chi connectivity index (χ2v) is 4.78. The van der Waals surface area contributed by atoms with E-state index >= 15 is 0 Å². The summed E-state index contributed by atoms with van der Waals surface area (Å²) in [6.07, 6.45) is 0.576. The fraction of sp³-hybridized carbons (Fsp3) is 0.294. The number of aldehydes is 1. The summed E-state index contributed by atoms with van der Waals surface area (Å²) in [5.74, 6) is -3.28. The molecule has 0 aliphatic rings. The molecule has 1 rings (SSSR count). The maximum atomic E-state index is 12.3. The smallest absolute Gasteiger partial charge is 0.353 e. The highest BCUT2D eigenvalue weighted by molar-refractivity contribution is 5.93. The summed E-state index contributed by atoms with van der Waals surface area (Å²) in [6.45, 7) is 1.39. The van der Waals surface area contributed by atoms with E-state index in [1.807, 2.05) is 0 Å². The maximum absolute atomic E-state index is 12.3. The van der Waals surface area contributed by atoms with Gasteiger partial charge in [-0.05, 0) is 12.1 Å². The van der Waals surface area contributed by atoms with E-state index in [0.29, 0.717) is 12.0 Å². The SMILES string of the molecule is COC(=O)C=CC(=O)OC(C(=O)Oc1ccccc1OC)C(C)C=O. The highest BCUT2D eigenvalue weighted by atomic mass is 16.6. The van der Waals surface area contributed by atoms with Crippen LogP contribution in [-0.2, 0) is 28.7 Å². The van der Waals surface area contributed by atoms with Gasteiger partial charge in [-0.25, -0.2) is 14.4 Å². The summed E-state index contributed by atoms with van der Waals surface area (Å²) in [5.41, 5.74) is 0. The van der Waals surface area contributed by atoms with Crippen molar-refractivity contribution in [1.82, 2.24) is 0 Å². The molecule has 0 fully saturated rings. The molecule has 0 aliphatic carbocycles. The van der Waals surface area contributed by atoms with Crippen molar-refractivity contribution in [2.45, 2.75) is 13.0 Å². The Morgan fingerprint density at radius 1 is 1.00 bits per heavy atom. The Morgan fingerprint density at radius 2 is 1.60 bits per heavy atom. The van der Waals surface area contributed by atoms with Crippen LogP contribution < -0.4 is 9.47 Å². The van der Waals surface area contributed by atoms with Crippen LogP contribution >= 0.6 is 0 Å². The second-order valence-electron chi connectivity index (χ2n) is 4.78. The highest BCUT2D eigenvalue weighted by Crippen LogP contribution is 2.26. The van der Waals surface area contributed by atoms with Crippen LogP contribution in [0.3, 0.4) is 0 Å². The van der Waals surface area contributed by atoms with Crippen LogP contribution in [0.15, 0.2) is 36.4 Å². The molecule has 0 heterocycles. The largest absolute Gasteiger partial charge is 0.493 e. The molecule has 25 heavy (non-hydrogen) atoms. The number of esters is 3. The van der Waals surface area contributed by atoms with Crippen LogP contribution in [0.4, 0.5) is 0 Å². The van der Waals surface area contributed by atoms with Crippen LogP contribution in [0, 0.1) is 5.92 Å². The number of hydrogen-bond donors (Lipinski definition) is 0. The van der Waals surface area contributed by atoms with E-state index in [2.05, 4.69) is 4.74 Å². The van der Waals surface area contributed by atoms with E-state index < -0.39 is 29.9 Å². The van der Waals surface area contributed by atoms with Gasteiger partial charge in [0, 0.05) is 12.2 Å². The van der Waals surface area contributed by atoms with Gasteiger partial charge < -0.3 is 23.7 Å². The van der Waals surface area contributed by atoms with Crippen LogP contribution in [0.2, 0.25) is 0 Å². The predicted octanol–water partition coefficient (Wildman–Crippen LogP) is 1.08. The fourth-order valence-corrected chi connectivity index (χ4v) is 1.68. The lowest BCUT2D eigenvalue weighted by atomic mass is 10.1. The molecule has 0 spiro atoms. The number of hydrogen-bond acceptors (Lipinski definition) is 8. The minimum atomic E-state index is -1.49. The van der Waals surface area contributed by atoms with Gasteiger partial charge >= 0.3 is 17.9 Å². The first kappa shape index (κ1) is 19.9. The molecule has 134 valence electrons. The summed E-state index contributed by atoms with van der Waals surface area (Å²) < 4.78 is 19.5. The number of benzene rings is 1. The van der Waals surface area contributed by atoms with Crippen LogP contribution in [0.5, 0.6) is 11.5 Å². The molecule has 2 atom stereocenters. The average Bonchev–Trinajstić information content (AvgIpc) is 2.63. The Balaban J connectivity index is 2.89. The first-order valence-electron chi connectivity index (χ1n) is 7.19. The van der Waals surface area contributed by atoms with Crippen LogP contribution in [0.25, 0.3) is 0 Å². The van der Waals surface area contributed by atoms with Crippen molar-refractivity contribution in [3.8, 4) is 11.5 Å². The van der Waals surface area contributed by atoms with E-state index in [1.54, 1.807) is 18.2 Å². The lowest BCUT2D eigenvalue weighted by Crippen LogP contribution is -2.37. The number of rotatable bonds is 8. The number of ether oxygens (including phenoxy) is 4. The average molecular weight is 350 g/mol. The van der Waals surface area contributed by atoms with Crippen molar-refractivity contribution in [2.75, 3.05) is 14.2 Å². The van der Waals surface area contributed by atoms with Crippen LogP contribution in [0.1, 0.15) is 6.92 Å². The van der Waals surface area contributed by atoms with Gasteiger partial charge in [0.25, 0.3) is 0 Å². The van der Waals surface area contributed by atoms with Gasteiger partial charge in [-0.15, -0.1) is 0 Å². The van der Waals surface area contributed by atoms with E-state index in [0.717, 1.165) is 19.3 Å². The van der Waals surface area contributed by atoms with E-state index in [9.17, 15) is 19.2 Å². The molecular weight excluding hydrogens is 332 g/mol. The van der Waals surface area contributed by atoms with Crippen molar-refractivity contribution in [3.05, 3.63) is 36.4 Å². The zero-order valence-corrected chi connectivity index (χ0v) is 14.0. The predicted molar refractivity (Wildman–Crippen MR) is 84.9 cm³/mol. The van der Waals surface area contributed by atoms with Gasteiger partial charge in [0.1, 0.15) is 6.29 Å². The first-order valence-corrected chi connectivity index (χ1v) is 7.19. The van der Waals surface area contributed by atoms with Crippen molar-refractivity contribution >= 4 is 24.2 Å². The minimum Gasteiger partial charge on any atom is -0.493 e. The van der Waals surface area contributed by atoms with E-state index in [-0.39, 0.29) is 5.75 Å². The number of carbonyl (C=O) groups excluding carboxylic acids is 4. The zero-order valence-electron chi connectivity index (χ0n) is 14.0. The third-order valence-corrected chi connectivity index (χ3v) is 3.00. The third-order valence-electron chi connectivity index (χ3n) is 3.00. The Hall–Kier alpha value is -3.16. The number of para-hydroxylation sites is 2. The van der Waals surface area contributed by atoms with Gasteiger partial charge in [-0.2, -0.15) is 0 Å². The maximum Gasteiger partial charge on any atom is 0.353 e. The molecule has 0 amide bonds. The van der Waals surface area contributed by atoms with Crippen molar-refractivity contribution in [2.24, 2.45) is 5.92 Å². The van der Waals surface area contributed by atoms with Gasteiger partial charge in [-0.3, -0.25) is 0 Å². The molecular formula is C17H18O8. The lowest BCUT2D eigenvalue weighted by molar-refractivity contribution is -0.162. The van der Waals surface area contributed by atoms with Gasteiger partial charge in [-0.1, -0.05) is 19.1 Å². The molecule has 1 aromatic rings. The molecule has 8 nitrogen and oxygen atoms in total. The number of carbonyl (C=O) groups is 4. The standard InChI is InChI=1S/C17H18O8/c1-11(10-18)16(25-15(20)9-8-14(19)23-3)17(21)24-13-7-5-4-6-12(13)22-2/h4-11,16H,1-3H3. The zero-order chi connectivity index (χ0) is 18.8. The molecule has 8 heteroatoms. The first-order chi connectivity index (χ1) is 11.9. The molecule has 0 N–H and O–H groups in total. The summed E-state index contributed by atoms with van der Waals surface area (Å²) in [4.78, 5) is 46.0. The minimum absolute atomic E-state index is 0.110. The fourth-order valence-electron chi connectivity index (χ4n) is 1.68. The van der Waals surface area contributed by atoms with Crippen LogP contribution in [-0.4, -0.2) is 44.5 Å². The summed E-state index contributed by atoms with van der Waals surface area (Å²) in [7, 11) is 2.54. The number of methoxy groups -OCH3 is 2. The molecule has 0 radical (unpaired) electrons. The monoisotopic (exact) mass is 350 g/mol. The molecule has 0 aliphatic heterocycles. The molecule has 0 saturated heterocycles. The Morgan fingerprint density at radius 3 is 2.16 bits per heavy atom. The van der Waals surface area contributed by atoms with Gasteiger partial charge in [0.15, 0.2) is 11.5 Å². The molecule has 0 saturated carbocycles. The lowest BCUT2D eigenvalue weighted by Gasteiger charge is -2.18. The van der Waals surface area contributed by atoms with Gasteiger partial charge in [0.05, 0.1) is 20.1 Å². The summed E-state index contributed by atoms with van der Waals surface area (Å²) in [5, 5.41) is 0. The van der Waals surface area contributed by atoms with E-state index in [4.69, 9.17) is 14.2 Å². The Labute approximate surface area is 144 Å². The Bertz CT molecular complexity index is 664. The summed E-state index contributed by atoms with van der Waals surface area (Å²) >= 11 is 0. The van der Waals surface area contributed by atoms with Crippen molar-refractivity contribution in [1.29, 1.82) is 0 Å². The van der Waals surface area contributed by atoms with E-state index in [1.165, 1.54) is 20.1 Å². The third kappa shape index (κ3) is 6.09. The highest BCUT2D eigenvalue weighted by Gasteiger charge is 2.31. The van der Waals surface area contributed by atoms with Gasteiger partial charge in [0.2, 0.25) is 6.10 Å². The normalized spacial score (nSPS) is 12.8. The molecule has 0 bridgehead atoms. The summed E-state index contributed by atoms with van der Waals surface area (Å²) in [6, 6.07) is 6.36. The molecule has 1 aromatic carbocycles. The van der Waals surface area contributed by atoms with Crippen molar-refractivity contribution in [3.63, 3.8) is 0 Å². The Kier molecular flexibility index (Phi) is 7.85.